The zero-order valence-corrected chi connectivity index (χ0v) is 13.2. The van der Waals surface area contributed by atoms with Gasteiger partial charge in [0.2, 0.25) is 0 Å². The summed E-state index contributed by atoms with van der Waals surface area (Å²) in [7, 11) is 0. The monoisotopic (exact) mass is 277 g/mol. The highest BCUT2D eigenvalue weighted by molar-refractivity contribution is 5.25. The van der Waals surface area contributed by atoms with E-state index in [4.69, 9.17) is 4.74 Å². The van der Waals surface area contributed by atoms with E-state index < -0.39 is 0 Å². The Kier molecular flexibility index (Phi) is 5.49. The van der Waals surface area contributed by atoms with E-state index in [0.29, 0.717) is 6.61 Å². The molecule has 0 amide bonds. The summed E-state index contributed by atoms with van der Waals surface area (Å²) in [6, 6.07) is 0.762. The quantitative estimate of drug-likeness (QED) is 0.793. The van der Waals surface area contributed by atoms with Gasteiger partial charge in [-0.15, -0.1) is 0 Å². The molecule has 112 valence electrons. The Bertz CT molecular complexity index is 420. The van der Waals surface area contributed by atoms with E-state index in [1.54, 1.807) is 0 Å². The van der Waals surface area contributed by atoms with Crippen molar-refractivity contribution in [3.05, 3.63) is 22.8 Å². The minimum Gasteiger partial charge on any atom is -0.371 e. The smallest absolute Gasteiger partial charge is 0.157 e. The predicted octanol–water partition coefficient (Wildman–Crippen LogP) is 2.88. The van der Waals surface area contributed by atoms with Crippen molar-refractivity contribution in [3.8, 4) is 0 Å². The Morgan fingerprint density at radius 2 is 1.85 bits per heavy atom. The molecular weight excluding hydrogens is 250 g/mol. The molecule has 1 N–H and O–H groups in total. The van der Waals surface area contributed by atoms with Crippen LogP contribution >= 0.6 is 0 Å². The molecule has 1 heterocycles. The maximum Gasteiger partial charge on any atom is 0.157 e. The summed E-state index contributed by atoms with van der Waals surface area (Å²) < 4.78 is 5.71. The van der Waals surface area contributed by atoms with Gasteiger partial charge in [0.05, 0.1) is 0 Å². The summed E-state index contributed by atoms with van der Waals surface area (Å²) in [5.74, 6) is 0.836. The van der Waals surface area contributed by atoms with E-state index in [2.05, 4.69) is 36.1 Å². The summed E-state index contributed by atoms with van der Waals surface area (Å²) in [5.41, 5.74) is 3.49. The average molecular weight is 277 g/mol. The highest BCUT2D eigenvalue weighted by atomic mass is 16.5. The first-order valence-corrected chi connectivity index (χ1v) is 7.84. The van der Waals surface area contributed by atoms with Gasteiger partial charge in [-0.25, -0.2) is 9.97 Å². The van der Waals surface area contributed by atoms with Gasteiger partial charge in [0.15, 0.2) is 5.82 Å². The minimum atomic E-state index is 0.0241. The molecule has 1 aromatic rings. The lowest BCUT2D eigenvalue weighted by atomic mass is 10.1. The third-order valence-electron chi connectivity index (χ3n) is 3.85. The predicted molar refractivity (Wildman–Crippen MR) is 80.9 cm³/mol. The van der Waals surface area contributed by atoms with Crippen molar-refractivity contribution in [1.82, 2.24) is 15.3 Å². The molecule has 1 aromatic heterocycles. The second-order valence-corrected chi connectivity index (χ2v) is 5.56. The zero-order valence-electron chi connectivity index (χ0n) is 13.2. The molecule has 20 heavy (non-hydrogen) atoms. The van der Waals surface area contributed by atoms with Crippen molar-refractivity contribution in [2.75, 3.05) is 13.2 Å². The van der Waals surface area contributed by atoms with Gasteiger partial charge in [0.25, 0.3) is 0 Å². The first-order valence-electron chi connectivity index (χ1n) is 7.84. The fraction of sp³-hybridized carbons (Fsp3) is 0.750. The van der Waals surface area contributed by atoms with Crippen LogP contribution in [-0.4, -0.2) is 29.2 Å². The van der Waals surface area contributed by atoms with Crippen LogP contribution in [0.15, 0.2) is 0 Å². The molecule has 1 atom stereocenters. The van der Waals surface area contributed by atoms with Crippen LogP contribution in [0.2, 0.25) is 0 Å². The van der Waals surface area contributed by atoms with Crippen molar-refractivity contribution in [2.45, 2.75) is 65.5 Å². The summed E-state index contributed by atoms with van der Waals surface area (Å²) in [6.45, 7) is 10.0. The van der Waals surface area contributed by atoms with E-state index in [1.165, 1.54) is 18.4 Å². The third-order valence-corrected chi connectivity index (χ3v) is 3.85. The third kappa shape index (κ3) is 4.00. The summed E-state index contributed by atoms with van der Waals surface area (Å²) in [6.07, 6.45) is 4.62. The fourth-order valence-corrected chi connectivity index (χ4v) is 2.54. The largest absolute Gasteiger partial charge is 0.371 e. The van der Waals surface area contributed by atoms with Crippen molar-refractivity contribution in [2.24, 2.45) is 0 Å². The summed E-state index contributed by atoms with van der Waals surface area (Å²) >= 11 is 0. The zero-order chi connectivity index (χ0) is 14.5. The molecular formula is C16H27N3O. The molecule has 1 saturated carbocycles. The van der Waals surface area contributed by atoms with E-state index in [-0.39, 0.29) is 6.10 Å². The Morgan fingerprint density at radius 1 is 1.20 bits per heavy atom. The number of rotatable bonds is 8. The Balaban J connectivity index is 2.05. The number of aromatic nitrogens is 2. The van der Waals surface area contributed by atoms with Gasteiger partial charge in [-0.1, -0.05) is 6.92 Å². The van der Waals surface area contributed by atoms with Crippen molar-refractivity contribution in [1.29, 1.82) is 0 Å². The molecule has 0 aliphatic heterocycles. The Hall–Kier alpha value is -1.00. The first kappa shape index (κ1) is 15.4. The first-order chi connectivity index (χ1) is 9.65. The number of nitrogens with one attached hydrogen (secondary N) is 1. The summed E-state index contributed by atoms with van der Waals surface area (Å²) in [4.78, 5) is 9.35. The number of hydrogen-bond donors (Lipinski definition) is 1. The van der Waals surface area contributed by atoms with Crippen molar-refractivity contribution >= 4 is 0 Å². The molecule has 1 unspecified atom stereocenters. The second kappa shape index (κ2) is 7.14. The van der Waals surface area contributed by atoms with Gasteiger partial charge in [0.1, 0.15) is 6.10 Å². The molecule has 0 bridgehead atoms. The van der Waals surface area contributed by atoms with E-state index in [1.807, 2.05) is 6.92 Å². The van der Waals surface area contributed by atoms with Crippen molar-refractivity contribution in [3.63, 3.8) is 0 Å². The maximum absolute atomic E-state index is 5.71. The molecule has 4 nitrogen and oxygen atoms in total. The van der Waals surface area contributed by atoms with Gasteiger partial charge in [-0.05, 0) is 58.6 Å². The number of hydrogen-bond acceptors (Lipinski definition) is 4. The van der Waals surface area contributed by atoms with E-state index >= 15 is 0 Å². The lowest BCUT2D eigenvalue weighted by Crippen LogP contribution is -2.21. The van der Waals surface area contributed by atoms with Crippen molar-refractivity contribution < 1.29 is 4.74 Å². The van der Waals surface area contributed by atoms with Crippen LogP contribution in [0.25, 0.3) is 0 Å². The standard InChI is InChI=1S/C16H27N3O/c1-5-15(20-6-2)16-18-11(3)14(12(4)19-16)9-10-17-13-7-8-13/h13,15,17H,5-10H2,1-4H3. The molecule has 1 aliphatic carbocycles. The minimum absolute atomic E-state index is 0.0241. The molecule has 1 aliphatic rings. The Labute approximate surface area is 122 Å². The normalized spacial score (nSPS) is 16.4. The molecule has 1 fully saturated rings. The van der Waals surface area contributed by atoms with Gasteiger partial charge in [-0.2, -0.15) is 0 Å². The molecule has 2 rings (SSSR count). The van der Waals surface area contributed by atoms with Crippen LogP contribution < -0.4 is 5.32 Å². The number of ether oxygens (including phenoxy) is 1. The van der Waals surface area contributed by atoms with Crippen LogP contribution in [0.3, 0.4) is 0 Å². The van der Waals surface area contributed by atoms with Gasteiger partial charge in [-0.3, -0.25) is 0 Å². The summed E-state index contributed by atoms with van der Waals surface area (Å²) in [5, 5.41) is 3.55. The molecule has 0 saturated heterocycles. The number of nitrogens with zero attached hydrogens (tertiary/aromatic N) is 2. The van der Waals surface area contributed by atoms with Gasteiger partial charge in [0, 0.05) is 24.0 Å². The topological polar surface area (TPSA) is 47.0 Å². The van der Waals surface area contributed by atoms with Crippen LogP contribution in [0.4, 0.5) is 0 Å². The molecule has 0 aromatic carbocycles. The highest BCUT2D eigenvalue weighted by Crippen LogP contribution is 2.21. The second-order valence-electron chi connectivity index (χ2n) is 5.56. The SMILES string of the molecule is CCOC(CC)c1nc(C)c(CCNC2CC2)c(C)n1. The molecule has 0 radical (unpaired) electrons. The fourth-order valence-electron chi connectivity index (χ4n) is 2.54. The van der Waals surface area contributed by atoms with Crippen LogP contribution in [0.1, 0.15) is 62.0 Å². The van der Waals surface area contributed by atoms with Crippen LogP contribution in [-0.2, 0) is 11.2 Å². The highest BCUT2D eigenvalue weighted by Gasteiger charge is 2.20. The lowest BCUT2D eigenvalue weighted by Gasteiger charge is -2.17. The molecule has 4 heteroatoms. The van der Waals surface area contributed by atoms with Crippen LogP contribution in [0.5, 0.6) is 0 Å². The van der Waals surface area contributed by atoms with Crippen LogP contribution in [0, 0.1) is 13.8 Å². The maximum atomic E-state index is 5.71. The number of aryl methyl sites for hydroxylation is 2. The van der Waals surface area contributed by atoms with Gasteiger partial charge >= 0.3 is 0 Å². The Morgan fingerprint density at radius 3 is 2.35 bits per heavy atom. The average Bonchev–Trinajstić information content (AvgIpc) is 3.23. The van der Waals surface area contributed by atoms with E-state index in [9.17, 15) is 0 Å². The lowest BCUT2D eigenvalue weighted by molar-refractivity contribution is 0.0532. The van der Waals surface area contributed by atoms with Gasteiger partial charge < -0.3 is 10.1 Å². The van der Waals surface area contributed by atoms with E-state index in [0.717, 1.165) is 42.6 Å². The molecule has 0 spiro atoms.